The van der Waals surface area contributed by atoms with Gasteiger partial charge < -0.3 is 19.5 Å². The van der Waals surface area contributed by atoms with Crippen LogP contribution in [0.4, 0.5) is 5.69 Å². The highest BCUT2D eigenvalue weighted by Crippen LogP contribution is 2.34. The third-order valence-electron chi connectivity index (χ3n) is 4.49. The molecule has 10 heteroatoms. The van der Waals surface area contributed by atoms with Crippen LogP contribution in [0.15, 0.2) is 52.1 Å². The maximum atomic E-state index is 12.5. The molecule has 0 saturated carbocycles. The normalized spacial score (nSPS) is 13.1. The minimum absolute atomic E-state index is 0.108. The van der Waals surface area contributed by atoms with Crippen LogP contribution >= 0.6 is 0 Å². The fraction of sp³-hybridized carbons (Fsp3) is 0.200. The Balaban J connectivity index is 1.42. The molecule has 0 unspecified atom stereocenters. The van der Waals surface area contributed by atoms with Gasteiger partial charge in [0.1, 0.15) is 6.54 Å². The number of nitrogens with one attached hydrogen (secondary N) is 2. The Morgan fingerprint density at radius 2 is 1.87 bits per heavy atom. The van der Waals surface area contributed by atoms with Gasteiger partial charge in [-0.1, -0.05) is 12.1 Å². The Morgan fingerprint density at radius 1 is 1.13 bits per heavy atom. The number of benzene rings is 2. The van der Waals surface area contributed by atoms with E-state index in [1.54, 1.807) is 30.3 Å². The number of hydrogen-bond acceptors (Lipinski definition) is 7. The van der Waals surface area contributed by atoms with Crippen molar-refractivity contribution in [2.75, 3.05) is 12.1 Å². The Kier molecular flexibility index (Phi) is 4.97. The highest BCUT2D eigenvalue weighted by Gasteiger charge is 2.21. The molecule has 154 valence electrons. The van der Waals surface area contributed by atoms with E-state index in [0.29, 0.717) is 17.2 Å². The fourth-order valence-corrected chi connectivity index (χ4v) is 2.99. The SMILES string of the molecule is C[C@H](OC(=O)Cn1[nH]c(=O)c2ccccc2c1=O)C(=O)Nc1ccc2c(c1)OCO2. The van der Waals surface area contributed by atoms with Crippen LogP contribution in [0.3, 0.4) is 0 Å². The number of hydrogen-bond donors (Lipinski definition) is 2. The first-order valence-corrected chi connectivity index (χ1v) is 9.04. The minimum atomic E-state index is -1.13. The number of esters is 1. The van der Waals surface area contributed by atoms with Crippen molar-refractivity contribution in [3.8, 4) is 11.5 Å². The number of fused-ring (bicyclic) bond motifs is 2. The molecular weight excluding hydrogens is 394 g/mol. The van der Waals surface area contributed by atoms with Gasteiger partial charge in [0, 0.05) is 11.8 Å². The second kappa shape index (κ2) is 7.74. The maximum absolute atomic E-state index is 12.5. The van der Waals surface area contributed by atoms with E-state index in [0.717, 1.165) is 4.68 Å². The van der Waals surface area contributed by atoms with Gasteiger partial charge in [-0.3, -0.25) is 24.3 Å². The number of ether oxygens (including phenoxy) is 3. The van der Waals surface area contributed by atoms with E-state index in [4.69, 9.17) is 14.2 Å². The Morgan fingerprint density at radius 3 is 2.67 bits per heavy atom. The van der Waals surface area contributed by atoms with Gasteiger partial charge in [0.05, 0.1) is 10.8 Å². The van der Waals surface area contributed by atoms with Crippen LogP contribution in [-0.4, -0.2) is 34.6 Å². The van der Waals surface area contributed by atoms with Crippen LogP contribution in [0.25, 0.3) is 10.8 Å². The van der Waals surface area contributed by atoms with Crippen molar-refractivity contribution in [1.29, 1.82) is 0 Å². The summed E-state index contributed by atoms with van der Waals surface area (Å²) in [4.78, 5) is 49.1. The lowest BCUT2D eigenvalue weighted by atomic mass is 10.2. The van der Waals surface area contributed by atoms with Gasteiger partial charge in [0.15, 0.2) is 17.6 Å². The average molecular weight is 411 g/mol. The summed E-state index contributed by atoms with van der Waals surface area (Å²) in [6.45, 7) is 0.962. The third-order valence-corrected chi connectivity index (χ3v) is 4.49. The number of amides is 1. The average Bonchev–Trinajstić information content (AvgIpc) is 3.19. The molecule has 30 heavy (non-hydrogen) atoms. The molecule has 2 N–H and O–H groups in total. The molecule has 2 aromatic carbocycles. The van der Waals surface area contributed by atoms with Crippen LogP contribution in [0.2, 0.25) is 0 Å². The minimum Gasteiger partial charge on any atom is -0.454 e. The number of H-pyrrole nitrogens is 1. The molecule has 10 nitrogen and oxygen atoms in total. The Hall–Kier alpha value is -4.08. The summed E-state index contributed by atoms with van der Waals surface area (Å²) >= 11 is 0. The number of carbonyl (C=O) groups is 2. The van der Waals surface area contributed by atoms with E-state index in [2.05, 4.69) is 10.4 Å². The second-order valence-corrected chi connectivity index (χ2v) is 6.57. The summed E-state index contributed by atoms with van der Waals surface area (Å²) in [7, 11) is 0. The molecule has 0 bridgehead atoms. The van der Waals surface area contributed by atoms with Gasteiger partial charge in [-0.25, -0.2) is 4.68 Å². The third kappa shape index (κ3) is 3.75. The lowest BCUT2D eigenvalue weighted by molar-refractivity contribution is -0.154. The number of rotatable bonds is 5. The standard InChI is InChI=1S/C20H17N3O7/c1-11(18(25)21-12-6-7-15-16(8-12)29-10-28-15)30-17(24)9-23-20(27)14-5-3-2-4-13(14)19(26)22-23/h2-8,11H,9-10H2,1H3,(H,21,25)(H,22,26)/t11-/m0/s1. The number of aromatic amines is 1. The second-order valence-electron chi connectivity index (χ2n) is 6.57. The molecule has 1 amide bonds. The first kappa shape index (κ1) is 19.2. The zero-order valence-corrected chi connectivity index (χ0v) is 15.8. The molecule has 3 aromatic rings. The molecule has 0 aliphatic carbocycles. The van der Waals surface area contributed by atoms with Crippen LogP contribution in [0, 0.1) is 0 Å². The van der Waals surface area contributed by atoms with Crippen LogP contribution in [0.1, 0.15) is 6.92 Å². The highest BCUT2D eigenvalue weighted by atomic mass is 16.7. The summed E-state index contributed by atoms with van der Waals surface area (Å²) in [6.07, 6.45) is -1.13. The lowest BCUT2D eigenvalue weighted by Crippen LogP contribution is -2.35. The smallest absolute Gasteiger partial charge is 0.328 e. The summed E-state index contributed by atoms with van der Waals surface area (Å²) < 4.78 is 16.4. The molecule has 0 saturated heterocycles. The van der Waals surface area contributed by atoms with Crippen molar-refractivity contribution in [3.05, 3.63) is 63.2 Å². The molecule has 1 atom stereocenters. The van der Waals surface area contributed by atoms with Gasteiger partial charge in [-0.15, -0.1) is 0 Å². The summed E-state index contributed by atoms with van der Waals surface area (Å²) in [5.41, 5.74) is -0.603. The van der Waals surface area contributed by atoms with E-state index in [-0.39, 0.29) is 17.6 Å². The van der Waals surface area contributed by atoms with Gasteiger partial charge in [0.2, 0.25) is 6.79 Å². The van der Waals surface area contributed by atoms with Crippen molar-refractivity contribution >= 4 is 28.3 Å². The predicted octanol–water partition coefficient (Wildman–Crippen LogP) is 0.989. The van der Waals surface area contributed by atoms with E-state index in [9.17, 15) is 19.2 Å². The first-order valence-electron chi connectivity index (χ1n) is 9.04. The number of carbonyl (C=O) groups excluding carboxylic acids is 2. The summed E-state index contributed by atoms with van der Waals surface area (Å²) in [5, 5.41) is 5.35. The highest BCUT2D eigenvalue weighted by molar-refractivity contribution is 5.95. The lowest BCUT2D eigenvalue weighted by Gasteiger charge is -2.14. The van der Waals surface area contributed by atoms with Gasteiger partial charge in [0.25, 0.3) is 17.0 Å². The fourth-order valence-electron chi connectivity index (χ4n) is 2.99. The van der Waals surface area contributed by atoms with Gasteiger partial charge >= 0.3 is 5.97 Å². The van der Waals surface area contributed by atoms with Crippen LogP contribution in [-0.2, 0) is 20.9 Å². The zero-order chi connectivity index (χ0) is 21.3. The van der Waals surface area contributed by atoms with Gasteiger partial charge in [-0.05, 0) is 31.2 Å². The van der Waals surface area contributed by atoms with E-state index in [1.165, 1.54) is 19.1 Å². The van der Waals surface area contributed by atoms with E-state index in [1.807, 2.05) is 0 Å². The topological polar surface area (TPSA) is 129 Å². The molecule has 0 fully saturated rings. The Labute approximate surface area is 169 Å². The number of nitrogens with zero attached hydrogens (tertiary/aromatic N) is 1. The largest absolute Gasteiger partial charge is 0.454 e. The summed E-state index contributed by atoms with van der Waals surface area (Å²) in [5.74, 6) is -0.350. The zero-order valence-electron chi connectivity index (χ0n) is 15.8. The monoisotopic (exact) mass is 411 g/mol. The van der Waals surface area contributed by atoms with E-state index < -0.39 is 35.6 Å². The Bertz CT molecular complexity index is 1260. The molecule has 1 aliphatic rings. The van der Waals surface area contributed by atoms with Crippen molar-refractivity contribution in [2.45, 2.75) is 19.6 Å². The van der Waals surface area contributed by atoms with Crippen LogP contribution in [0.5, 0.6) is 11.5 Å². The van der Waals surface area contributed by atoms with Crippen molar-refractivity contribution < 1.29 is 23.8 Å². The van der Waals surface area contributed by atoms with Crippen LogP contribution < -0.4 is 25.9 Å². The molecule has 2 heterocycles. The maximum Gasteiger partial charge on any atom is 0.328 e. The van der Waals surface area contributed by atoms with Gasteiger partial charge in [-0.2, -0.15) is 0 Å². The summed E-state index contributed by atoms with van der Waals surface area (Å²) in [6, 6.07) is 11.1. The van der Waals surface area contributed by atoms with Crippen molar-refractivity contribution in [1.82, 2.24) is 9.78 Å². The molecule has 1 aliphatic heterocycles. The first-order chi connectivity index (χ1) is 14.4. The van der Waals surface area contributed by atoms with Crippen molar-refractivity contribution in [2.24, 2.45) is 0 Å². The quantitative estimate of drug-likeness (QED) is 0.599. The molecule has 4 rings (SSSR count). The number of anilines is 1. The molecule has 0 radical (unpaired) electrons. The molecule has 0 spiro atoms. The molecular formula is C20H17N3O7. The predicted molar refractivity (Wildman–Crippen MR) is 106 cm³/mol. The van der Waals surface area contributed by atoms with Crippen molar-refractivity contribution in [3.63, 3.8) is 0 Å². The number of aromatic nitrogens is 2. The molecule has 1 aromatic heterocycles. The van der Waals surface area contributed by atoms with E-state index >= 15 is 0 Å².